The van der Waals surface area contributed by atoms with E-state index >= 15 is 0 Å². The molecule has 0 aromatic heterocycles. The largest absolute Gasteiger partial charge is 0.479 e. The van der Waals surface area contributed by atoms with Crippen molar-refractivity contribution < 1.29 is 23.8 Å². The van der Waals surface area contributed by atoms with Crippen molar-refractivity contribution in [2.24, 2.45) is 5.92 Å². The van der Waals surface area contributed by atoms with Gasteiger partial charge in [0, 0.05) is 25.0 Å². The lowest BCUT2D eigenvalue weighted by atomic mass is 9.80. The third-order valence-corrected chi connectivity index (χ3v) is 6.59. The van der Waals surface area contributed by atoms with Gasteiger partial charge in [0.05, 0.1) is 0 Å². The Morgan fingerprint density at radius 1 is 1.15 bits per heavy atom. The van der Waals surface area contributed by atoms with Crippen molar-refractivity contribution >= 4 is 22.8 Å². The number of benzene rings is 3. The number of rotatable bonds is 7. The zero-order chi connectivity index (χ0) is 24.1. The van der Waals surface area contributed by atoms with Crippen LogP contribution in [0, 0.1) is 11.7 Å². The number of nitrogens with one attached hydrogen (secondary N) is 1. The number of likely N-dealkylation sites (tertiary alicyclic amines) is 1. The highest BCUT2D eigenvalue weighted by Gasteiger charge is 2.33. The molecule has 1 saturated heterocycles. The van der Waals surface area contributed by atoms with Crippen molar-refractivity contribution in [1.82, 2.24) is 10.2 Å². The Morgan fingerprint density at radius 3 is 2.71 bits per heavy atom. The number of nitrogens with zero attached hydrogens (tertiary/aromatic N) is 1. The molecule has 1 fully saturated rings. The van der Waals surface area contributed by atoms with Crippen molar-refractivity contribution in [3.05, 3.63) is 83.7 Å². The van der Waals surface area contributed by atoms with Gasteiger partial charge in [0.2, 0.25) is 0 Å². The summed E-state index contributed by atoms with van der Waals surface area (Å²) in [5, 5.41) is 14.9. The molecule has 7 heteroatoms. The van der Waals surface area contributed by atoms with Crippen LogP contribution in [0.2, 0.25) is 0 Å². The van der Waals surface area contributed by atoms with Gasteiger partial charge < -0.3 is 20.1 Å². The number of amides is 1. The van der Waals surface area contributed by atoms with E-state index in [4.69, 9.17) is 9.84 Å². The second kappa shape index (κ2) is 10.7. The van der Waals surface area contributed by atoms with Crippen LogP contribution in [-0.2, 0) is 9.53 Å². The molecule has 2 N–H and O–H groups in total. The number of carboxylic acid groups (broad SMARTS) is 1. The molecule has 0 spiro atoms. The molecule has 0 radical (unpaired) electrons. The predicted octanol–water partition coefficient (Wildman–Crippen LogP) is 4.96. The minimum atomic E-state index is -1.20. The molecule has 3 aromatic rings. The van der Waals surface area contributed by atoms with Crippen LogP contribution >= 0.6 is 0 Å². The molecule has 3 atom stereocenters. The van der Waals surface area contributed by atoms with Crippen LogP contribution in [0.4, 0.5) is 9.18 Å². The topological polar surface area (TPSA) is 78.9 Å². The summed E-state index contributed by atoms with van der Waals surface area (Å²) in [4.78, 5) is 24.7. The number of carboxylic acids is 1. The fraction of sp³-hybridized carbons (Fsp3) is 0.333. The smallest absolute Gasteiger partial charge is 0.410 e. The molecule has 6 nitrogen and oxygen atoms in total. The summed E-state index contributed by atoms with van der Waals surface area (Å²) in [6.45, 7) is 2.96. The van der Waals surface area contributed by atoms with Crippen molar-refractivity contribution in [2.75, 3.05) is 26.2 Å². The maximum atomic E-state index is 14.0. The maximum Gasteiger partial charge on any atom is 0.410 e. The first kappa shape index (κ1) is 23.7. The van der Waals surface area contributed by atoms with Crippen LogP contribution in [0.25, 0.3) is 10.8 Å². The SMILES string of the molecule is C[C@@H](NCC1CCN(C(=O)OCC(=O)O)CC1c1cccc(F)c1)c1cccc2ccccc12. The molecule has 2 unspecified atom stereocenters. The summed E-state index contributed by atoms with van der Waals surface area (Å²) in [5.74, 6) is -1.45. The summed E-state index contributed by atoms with van der Waals surface area (Å²) < 4.78 is 18.9. The second-order valence-corrected chi connectivity index (χ2v) is 8.80. The van der Waals surface area contributed by atoms with E-state index in [2.05, 4.69) is 42.6 Å². The monoisotopic (exact) mass is 464 g/mol. The van der Waals surface area contributed by atoms with Crippen LogP contribution in [0.5, 0.6) is 0 Å². The molecule has 0 aliphatic carbocycles. The summed E-state index contributed by atoms with van der Waals surface area (Å²) in [6.07, 6.45) is 0.0397. The molecule has 34 heavy (non-hydrogen) atoms. The van der Waals surface area contributed by atoms with Gasteiger partial charge in [-0.25, -0.2) is 14.0 Å². The van der Waals surface area contributed by atoms with Gasteiger partial charge in [-0.15, -0.1) is 0 Å². The Kier molecular flexibility index (Phi) is 7.43. The highest BCUT2D eigenvalue weighted by atomic mass is 19.1. The zero-order valence-electron chi connectivity index (χ0n) is 19.1. The molecule has 1 amide bonds. The van der Waals surface area contributed by atoms with Gasteiger partial charge in [-0.1, -0.05) is 54.6 Å². The molecular weight excluding hydrogens is 435 g/mol. The first-order valence-electron chi connectivity index (χ1n) is 11.5. The number of piperidine rings is 1. The zero-order valence-corrected chi connectivity index (χ0v) is 19.1. The molecule has 1 aliphatic rings. The normalized spacial score (nSPS) is 19.1. The minimum absolute atomic E-state index is 0.103. The van der Waals surface area contributed by atoms with Gasteiger partial charge in [0.15, 0.2) is 6.61 Å². The van der Waals surface area contributed by atoms with Gasteiger partial charge in [-0.3, -0.25) is 0 Å². The average molecular weight is 465 g/mol. The summed E-state index contributed by atoms with van der Waals surface area (Å²) in [5.41, 5.74) is 2.04. The van der Waals surface area contributed by atoms with Gasteiger partial charge in [-0.05, 0) is 59.8 Å². The van der Waals surface area contributed by atoms with Gasteiger partial charge >= 0.3 is 12.1 Å². The molecule has 1 heterocycles. The number of carbonyl (C=O) groups excluding carboxylic acids is 1. The van der Waals surface area contributed by atoms with E-state index in [1.165, 1.54) is 33.4 Å². The van der Waals surface area contributed by atoms with E-state index in [0.29, 0.717) is 26.1 Å². The molecule has 3 aromatic carbocycles. The van der Waals surface area contributed by atoms with E-state index in [1.807, 2.05) is 18.2 Å². The number of carbonyl (C=O) groups is 2. The number of halogens is 1. The lowest BCUT2D eigenvalue weighted by Crippen LogP contribution is -2.46. The highest BCUT2D eigenvalue weighted by molar-refractivity contribution is 5.86. The lowest BCUT2D eigenvalue weighted by molar-refractivity contribution is -0.140. The van der Waals surface area contributed by atoms with Crippen LogP contribution in [0.1, 0.15) is 36.4 Å². The maximum absolute atomic E-state index is 14.0. The third kappa shape index (κ3) is 5.54. The Bertz CT molecular complexity index is 1160. The lowest BCUT2D eigenvalue weighted by Gasteiger charge is -2.39. The van der Waals surface area contributed by atoms with Gasteiger partial charge in [0.25, 0.3) is 0 Å². The van der Waals surface area contributed by atoms with Crippen LogP contribution < -0.4 is 5.32 Å². The first-order chi connectivity index (χ1) is 16.4. The van der Waals surface area contributed by atoms with Crippen molar-refractivity contribution in [3.8, 4) is 0 Å². The summed E-state index contributed by atoms with van der Waals surface area (Å²) in [6, 6.07) is 21.2. The predicted molar refractivity (Wildman–Crippen MR) is 128 cm³/mol. The molecule has 178 valence electrons. The van der Waals surface area contributed by atoms with E-state index in [1.54, 1.807) is 6.07 Å². The number of hydrogen-bond acceptors (Lipinski definition) is 4. The average Bonchev–Trinajstić information content (AvgIpc) is 2.85. The number of aliphatic carboxylic acids is 1. The number of hydrogen-bond donors (Lipinski definition) is 2. The van der Waals surface area contributed by atoms with Crippen LogP contribution in [0.15, 0.2) is 66.7 Å². The van der Waals surface area contributed by atoms with E-state index < -0.39 is 18.7 Å². The van der Waals surface area contributed by atoms with E-state index in [9.17, 15) is 14.0 Å². The molecule has 4 rings (SSSR count). The summed E-state index contributed by atoms with van der Waals surface area (Å²) in [7, 11) is 0. The Morgan fingerprint density at radius 2 is 1.91 bits per heavy atom. The van der Waals surface area contributed by atoms with Crippen molar-refractivity contribution in [2.45, 2.75) is 25.3 Å². The van der Waals surface area contributed by atoms with Crippen LogP contribution in [0.3, 0.4) is 0 Å². The summed E-state index contributed by atoms with van der Waals surface area (Å²) >= 11 is 0. The highest BCUT2D eigenvalue weighted by Crippen LogP contribution is 2.34. The van der Waals surface area contributed by atoms with Gasteiger partial charge in [0.1, 0.15) is 5.82 Å². The molecular formula is C27H29FN2O4. The Labute approximate surface area is 198 Å². The minimum Gasteiger partial charge on any atom is -0.479 e. The fourth-order valence-electron chi connectivity index (χ4n) is 4.81. The number of ether oxygens (including phenoxy) is 1. The van der Waals surface area contributed by atoms with Crippen LogP contribution in [-0.4, -0.2) is 48.3 Å². The fourth-order valence-corrected chi connectivity index (χ4v) is 4.81. The molecule has 0 saturated carbocycles. The van der Waals surface area contributed by atoms with Crippen molar-refractivity contribution in [1.29, 1.82) is 0 Å². The Balaban J connectivity index is 1.49. The standard InChI is InChI=1S/C27H29FN2O4/c1-18(23-11-5-7-19-6-2-3-10-24(19)23)29-15-21-12-13-30(27(33)34-17-26(31)32)16-25(21)20-8-4-9-22(28)14-20/h2-11,14,18,21,25,29H,12-13,15-17H2,1H3,(H,31,32)/t18-,21?,25?/m1/s1. The third-order valence-electron chi connectivity index (χ3n) is 6.59. The second-order valence-electron chi connectivity index (χ2n) is 8.80. The van der Waals surface area contributed by atoms with E-state index in [0.717, 1.165) is 5.56 Å². The molecule has 0 bridgehead atoms. The quantitative estimate of drug-likeness (QED) is 0.517. The van der Waals surface area contributed by atoms with Crippen molar-refractivity contribution in [3.63, 3.8) is 0 Å². The number of fused-ring (bicyclic) bond motifs is 1. The first-order valence-corrected chi connectivity index (χ1v) is 11.5. The molecule has 1 aliphatic heterocycles. The van der Waals surface area contributed by atoms with Gasteiger partial charge in [-0.2, -0.15) is 0 Å². The van der Waals surface area contributed by atoms with E-state index in [-0.39, 0.29) is 23.7 Å². The Hall–Kier alpha value is -3.45.